The molecule has 1 fully saturated rings. The lowest BCUT2D eigenvalue weighted by Crippen LogP contribution is -2.37. The van der Waals surface area contributed by atoms with Crippen LogP contribution in [-0.4, -0.2) is 46.0 Å². The first-order valence-corrected chi connectivity index (χ1v) is 6.70. The summed E-state index contributed by atoms with van der Waals surface area (Å²) in [5.41, 5.74) is 1.40. The Kier molecular flexibility index (Phi) is 4.20. The maximum Gasteiger partial charge on any atom is 0.288 e. The predicted octanol–water partition coefficient (Wildman–Crippen LogP) is 0.337. The van der Waals surface area contributed by atoms with Gasteiger partial charge in [0.15, 0.2) is 0 Å². The van der Waals surface area contributed by atoms with Crippen molar-refractivity contribution in [3.8, 4) is 0 Å². The number of thioether (sulfide) groups is 1. The number of hydrogen-bond donors (Lipinski definition) is 1. The summed E-state index contributed by atoms with van der Waals surface area (Å²) >= 11 is 0.982. The van der Waals surface area contributed by atoms with Crippen molar-refractivity contribution in [2.75, 3.05) is 18.8 Å². The van der Waals surface area contributed by atoms with E-state index in [1.165, 1.54) is 6.26 Å². The topological polar surface area (TPSA) is 92.5 Å². The first-order valence-electron chi connectivity index (χ1n) is 5.71. The number of aromatic nitrogens is 1. The smallest absolute Gasteiger partial charge is 0.288 e. The van der Waals surface area contributed by atoms with E-state index in [4.69, 9.17) is 4.52 Å². The summed E-state index contributed by atoms with van der Waals surface area (Å²) in [5.74, 6) is -0.218. The van der Waals surface area contributed by atoms with Gasteiger partial charge in [0, 0.05) is 18.7 Å². The third kappa shape index (κ3) is 3.34. The summed E-state index contributed by atoms with van der Waals surface area (Å²) in [6, 6.07) is 0. The van der Waals surface area contributed by atoms with Gasteiger partial charge in [0.25, 0.3) is 5.24 Å². The normalized spacial score (nSPS) is 15.1. The zero-order valence-electron chi connectivity index (χ0n) is 10.3. The molecule has 7 nitrogen and oxygen atoms in total. The summed E-state index contributed by atoms with van der Waals surface area (Å²) in [6.45, 7) is 2.21. The number of aryl methyl sites for hydroxylation is 1. The predicted molar refractivity (Wildman–Crippen MR) is 67.5 cm³/mol. The summed E-state index contributed by atoms with van der Waals surface area (Å²) in [4.78, 5) is 35.4. The average molecular weight is 283 g/mol. The van der Waals surface area contributed by atoms with E-state index in [1.54, 1.807) is 6.92 Å². The molecule has 1 aromatic rings. The molecule has 0 saturated carbocycles. The minimum absolute atomic E-state index is 0.173. The first-order chi connectivity index (χ1) is 9.08. The molecule has 19 heavy (non-hydrogen) atoms. The van der Waals surface area contributed by atoms with Crippen LogP contribution in [0.5, 0.6) is 0 Å². The van der Waals surface area contributed by atoms with Crippen molar-refractivity contribution in [1.29, 1.82) is 0 Å². The lowest BCUT2D eigenvalue weighted by Gasteiger charge is -2.12. The van der Waals surface area contributed by atoms with Gasteiger partial charge in [-0.05, 0) is 6.92 Å². The van der Waals surface area contributed by atoms with Gasteiger partial charge in [0.05, 0.1) is 17.9 Å². The van der Waals surface area contributed by atoms with E-state index in [-0.39, 0.29) is 42.3 Å². The van der Waals surface area contributed by atoms with Crippen LogP contribution in [0.2, 0.25) is 0 Å². The van der Waals surface area contributed by atoms with Crippen LogP contribution >= 0.6 is 11.8 Å². The summed E-state index contributed by atoms with van der Waals surface area (Å²) in [7, 11) is 0. The number of hydrogen-bond acceptors (Lipinski definition) is 6. The van der Waals surface area contributed by atoms with Gasteiger partial charge in [0.1, 0.15) is 6.26 Å². The molecule has 1 aliphatic rings. The van der Waals surface area contributed by atoms with Gasteiger partial charge in [-0.25, -0.2) is 0 Å². The molecular weight excluding hydrogens is 270 g/mol. The molecule has 3 amide bonds. The Hall–Kier alpha value is -1.83. The fourth-order valence-corrected chi connectivity index (χ4v) is 2.37. The molecule has 0 spiro atoms. The van der Waals surface area contributed by atoms with Crippen LogP contribution in [0.15, 0.2) is 10.8 Å². The zero-order valence-corrected chi connectivity index (χ0v) is 11.2. The summed E-state index contributed by atoms with van der Waals surface area (Å²) in [6.07, 6.45) is 1.60. The van der Waals surface area contributed by atoms with Gasteiger partial charge in [-0.3, -0.25) is 19.3 Å². The largest absolute Gasteiger partial charge is 0.364 e. The molecule has 0 bridgehead atoms. The Morgan fingerprint density at radius 1 is 1.58 bits per heavy atom. The molecule has 0 aliphatic carbocycles. The highest BCUT2D eigenvalue weighted by Crippen LogP contribution is 2.17. The third-order valence-corrected chi connectivity index (χ3v) is 3.56. The van der Waals surface area contributed by atoms with Gasteiger partial charge in [0.2, 0.25) is 11.8 Å². The molecule has 1 saturated heterocycles. The van der Waals surface area contributed by atoms with Crippen molar-refractivity contribution in [2.45, 2.75) is 13.3 Å². The van der Waals surface area contributed by atoms with Crippen LogP contribution in [0, 0.1) is 6.92 Å². The van der Waals surface area contributed by atoms with Crippen molar-refractivity contribution in [1.82, 2.24) is 15.4 Å². The number of rotatable bonds is 5. The monoisotopic (exact) mass is 283 g/mol. The van der Waals surface area contributed by atoms with E-state index in [0.29, 0.717) is 5.69 Å². The standard InChI is InChI=1S/C11H13N3O4S/c1-7-8(5-18-13-7)4-9(15)12-2-3-14-10(16)6-19-11(14)17/h5H,2-4,6H2,1H3,(H,12,15). The first kappa shape index (κ1) is 13.6. The SMILES string of the molecule is Cc1nocc1CC(=O)NCCN1C(=O)CSC1=O. The Morgan fingerprint density at radius 2 is 2.37 bits per heavy atom. The van der Waals surface area contributed by atoms with E-state index in [0.717, 1.165) is 22.2 Å². The molecular formula is C11H13N3O4S. The summed E-state index contributed by atoms with van der Waals surface area (Å²) in [5, 5.41) is 6.07. The van der Waals surface area contributed by atoms with Crippen LogP contribution in [0.1, 0.15) is 11.3 Å². The molecule has 2 rings (SSSR count). The maximum absolute atomic E-state index is 11.6. The molecule has 8 heteroatoms. The Balaban J connectivity index is 1.74. The Labute approximate surface area is 113 Å². The molecule has 1 aromatic heterocycles. The van der Waals surface area contributed by atoms with Crippen molar-refractivity contribution < 1.29 is 18.9 Å². The quantitative estimate of drug-likeness (QED) is 0.837. The lowest BCUT2D eigenvalue weighted by atomic mass is 10.2. The van der Waals surface area contributed by atoms with Crippen molar-refractivity contribution >= 4 is 28.8 Å². The molecule has 0 aromatic carbocycles. The molecule has 0 atom stereocenters. The number of carbonyl (C=O) groups is 3. The van der Waals surface area contributed by atoms with E-state index in [2.05, 4.69) is 10.5 Å². The molecule has 1 aliphatic heterocycles. The van der Waals surface area contributed by atoms with Gasteiger partial charge in [-0.15, -0.1) is 0 Å². The lowest BCUT2D eigenvalue weighted by molar-refractivity contribution is -0.125. The van der Waals surface area contributed by atoms with Crippen LogP contribution in [0.25, 0.3) is 0 Å². The fraction of sp³-hybridized carbons (Fsp3) is 0.455. The highest BCUT2D eigenvalue weighted by Gasteiger charge is 2.29. The number of amides is 3. The third-order valence-electron chi connectivity index (χ3n) is 2.70. The van der Waals surface area contributed by atoms with E-state index in [9.17, 15) is 14.4 Å². The molecule has 0 unspecified atom stereocenters. The Morgan fingerprint density at radius 3 is 2.95 bits per heavy atom. The Bertz CT molecular complexity index is 498. The second-order valence-electron chi connectivity index (χ2n) is 4.05. The van der Waals surface area contributed by atoms with Crippen molar-refractivity contribution in [3.63, 3.8) is 0 Å². The minimum atomic E-state index is -0.255. The zero-order chi connectivity index (χ0) is 13.8. The minimum Gasteiger partial charge on any atom is -0.364 e. The highest BCUT2D eigenvalue weighted by atomic mass is 32.2. The maximum atomic E-state index is 11.6. The van der Waals surface area contributed by atoms with Gasteiger partial charge in [-0.2, -0.15) is 0 Å². The molecule has 2 heterocycles. The van der Waals surface area contributed by atoms with Crippen LogP contribution < -0.4 is 5.32 Å². The fourth-order valence-electron chi connectivity index (χ4n) is 1.62. The van der Waals surface area contributed by atoms with Crippen LogP contribution in [0.3, 0.4) is 0 Å². The highest BCUT2D eigenvalue weighted by molar-refractivity contribution is 8.14. The molecule has 102 valence electrons. The van der Waals surface area contributed by atoms with Crippen LogP contribution in [-0.2, 0) is 16.0 Å². The number of nitrogens with zero attached hydrogens (tertiary/aromatic N) is 2. The van der Waals surface area contributed by atoms with Crippen molar-refractivity contribution in [3.05, 3.63) is 17.5 Å². The molecule has 1 N–H and O–H groups in total. The van der Waals surface area contributed by atoms with E-state index >= 15 is 0 Å². The number of nitrogens with one attached hydrogen (secondary N) is 1. The van der Waals surface area contributed by atoms with Gasteiger partial charge in [-0.1, -0.05) is 16.9 Å². The molecule has 0 radical (unpaired) electrons. The second-order valence-corrected chi connectivity index (χ2v) is 4.98. The van der Waals surface area contributed by atoms with E-state index in [1.807, 2.05) is 0 Å². The second kappa shape index (κ2) is 5.87. The van der Waals surface area contributed by atoms with Gasteiger partial charge >= 0.3 is 0 Å². The van der Waals surface area contributed by atoms with Crippen LogP contribution in [0.4, 0.5) is 4.79 Å². The average Bonchev–Trinajstić information content (AvgIpc) is 2.90. The number of imide groups is 1. The van der Waals surface area contributed by atoms with E-state index < -0.39 is 0 Å². The van der Waals surface area contributed by atoms with Crippen molar-refractivity contribution in [2.24, 2.45) is 0 Å². The van der Waals surface area contributed by atoms with Gasteiger partial charge < -0.3 is 9.84 Å². The number of carbonyl (C=O) groups excluding carboxylic acids is 3. The summed E-state index contributed by atoms with van der Waals surface area (Å²) < 4.78 is 4.73.